The zero-order chi connectivity index (χ0) is 13.0. The van der Waals surface area contributed by atoms with Crippen LogP contribution in [0.25, 0.3) is 5.70 Å². The van der Waals surface area contributed by atoms with Crippen molar-refractivity contribution in [1.82, 2.24) is 9.88 Å². The Labute approximate surface area is 105 Å². The highest BCUT2D eigenvalue weighted by molar-refractivity contribution is 5.88. The molecular weight excluding hydrogens is 230 g/mol. The van der Waals surface area contributed by atoms with E-state index in [2.05, 4.69) is 4.98 Å². The van der Waals surface area contributed by atoms with Gasteiger partial charge in [-0.05, 0) is 12.1 Å². The van der Waals surface area contributed by atoms with Gasteiger partial charge in [0.15, 0.2) is 0 Å². The van der Waals surface area contributed by atoms with E-state index in [0.29, 0.717) is 24.4 Å². The van der Waals surface area contributed by atoms with Crippen LogP contribution in [-0.2, 0) is 4.79 Å². The highest BCUT2D eigenvalue weighted by Gasteiger charge is 2.32. The molecule has 1 fully saturated rings. The van der Waals surface area contributed by atoms with Crippen molar-refractivity contribution in [2.45, 2.75) is 6.42 Å². The highest BCUT2D eigenvalue weighted by atomic mass is 16.3. The van der Waals surface area contributed by atoms with Crippen LogP contribution in [0.3, 0.4) is 0 Å². The number of likely N-dealkylation sites (tertiary alicyclic amines) is 1. The van der Waals surface area contributed by atoms with Crippen LogP contribution < -0.4 is 0 Å². The van der Waals surface area contributed by atoms with Gasteiger partial charge in [-0.2, -0.15) is 5.26 Å². The Morgan fingerprint density at radius 2 is 2.50 bits per heavy atom. The van der Waals surface area contributed by atoms with Gasteiger partial charge in [0.25, 0.3) is 0 Å². The number of aromatic nitrogens is 1. The minimum atomic E-state index is -0.0822. The Kier molecular flexibility index (Phi) is 3.70. The maximum atomic E-state index is 11.9. The van der Waals surface area contributed by atoms with Gasteiger partial charge in [-0.3, -0.25) is 9.78 Å². The van der Waals surface area contributed by atoms with Gasteiger partial charge in [0.2, 0.25) is 5.91 Å². The van der Waals surface area contributed by atoms with Crippen molar-refractivity contribution in [2.75, 3.05) is 13.2 Å². The topological polar surface area (TPSA) is 77.2 Å². The number of allylic oxidation sites excluding steroid dienone is 1. The van der Waals surface area contributed by atoms with Crippen molar-refractivity contribution in [2.24, 2.45) is 5.92 Å². The third kappa shape index (κ3) is 2.39. The molecule has 0 aliphatic carbocycles. The zero-order valence-electron chi connectivity index (χ0n) is 9.78. The van der Waals surface area contributed by atoms with E-state index in [1.54, 1.807) is 24.4 Å². The smallest absolute Gasteiger partial charge is 0.227 e. The van der Waals surface area contributed by atoms with Gasteiger partial charge in [0.05, 0.1) is 17.5 Å². The number of hydrogen-bond acceptors (Lipinski definition) is 4. The second-order valence-electron chi connectivity index (χ2n) is 4.13. The molecule has 92 valence electrons. The maximum Gasteiger partial charge on any atom is 0.227 e. The van der Waals surface area contributed by atoms with E-state index >= 15 is 0 Å². The normalized spacial score (nSPS) is 20.0. The van der Waals surface area contributed by atoms with Gasteiger partial charge in [0, 0.05) is 37.8 Å². The van der Waals surface area contributed by atoms with Crippen LogP contribution in [0.1, 0.15) is 12.1 Å². The average molecular weight is 243 g/mol. The summed E-state index contributed by atoms with van der Waals surface area (Å²) >= 11 is 0. The van der Waals surface area contributed by atoms with Gasteiger partial charge in [-0.25, -0.2) is 0 Å². The van der Waals surface area contributed by atoms with Gasteiger partial charge in [-0.1, -0.05) is 6.07 Å². The number of nitrogens with zero attached hydrogens (tertiary/aromatic N) is 3. The molecule has 1 aliphatic heterocycles. The second-order valence-corrected chi connectivity index (χ2v) is 4.13. The van der Waals surface area contributed by atoms with Gasteiger partial charge in [-0.15, -0.1) is 0 Å². The largest absolute Gasteiger partial charge is 0.396 e. The first kappa shape index (κ1) is 12.3. The molecule has 1 N–H and O–H groups in total. The van der Waals surface area contributed by atoms with Crippen molar-refractivity contribution in [3.8, 4) is 6.07 Å². The summed E-state index contributed by atoms with van der Waals surface area (Å²) in [6.45, 7) is 0.406. The fourth-order valence-electron chi connectivity index (χ4n) is 2.00. The van der Waals surface area contributed by atoms with Crippen LogP contribution in [0, 0.1) is 17.2 Å². The summed E-state index contributed by atoms with van der Waals surface area (Å²) in [6, 6.07) is 7.27. The molecule has 2 rings (SSSR count). The van der Waals surface area contributed by atoms with Crippen molar-refractivity contribution in [1.29, 1.82) is 5.26 Å². The third-order valence-corrected chi connectivity index (χ3v) is 2.88. The molecule has 0 saturated carbocycles. The standard InChI is InChI=1S/C13H13N3O2/c14-5-4-12(11-3-1-2-6-15-11)16-8-10(9-17)7-13(16)18/h1-4,6,10,17H,7-9H2. The number of pyridine rings is 1. The summed E-state index contributed by atoms with van der Waals surface area (Å²) in [5.41, 5.74) is 1.09. The number of aliphatic hydroxyl groups excluding tert-OH is 1. The zero-order valence-corrected chi connectivity index (χ0v) is 9.78. The van der Waals surface area contributed by atoms with E-state index < -0.39 is 0 Å². The number of rotatable bonds is 3. The van der Waals surface area contributed by atoms with Crippen molar-refractivity contribution in [3.05, 3.63) is 36.2 Å². The Morgan fingerprint density at radius 1 is 1.67 bits per heavy atom. The monoisotopic (exact) mass is 243 g/mol. The number of hydrogen-bond donors (Lipinski definition) is 1. The first-order valence-electron chi connectivity index (χ1n) is 5.68. The summed E-state index contributed by atoms with van der Waals surface area (Å²) in [7, 11) is 0. The number of nitriles is 1. The molecule has 2 heterocycles. The van der Waals surface area contributed by atoms with E-state index in [9.17, 15) is 4.79 Å². The van der Waals surface area contributed by atoms with Gasteiger partial charge in [0.1, 0.15) is 0 Å². The molecule has 1 aromatic heterocycles. The maximum absolute atomic E-state index is 11.9. The molecule has 1 unspecified atom stereocenters. The minimum Gasteiger partial charge on any atom is -0.396 e. The molecule has 1 amide bonds. The lowest BCUT2D eigenvalue weighted by Gasteiger charge is -2.18. The average Bonchev–Trinajstić information content (AvgIpc) is 2.78. The Morgan fingerprint density at radius 3 is 3.06 bits per heavy atom. The van der Waals surface area contributed by atoms with E-state index in [1.165, 1.54) is 11.0 Å². The number of aliphatic hydroxyl groups is 1. The molecule has 1 aliphatic rings. The summed E-state index contributed by atoms with van der Waals surface area (Å²) in [4.78, 5) is 17.5. The summed E-state index contributed by atoms with van der Waals surface area (Å²) in [6.07, 6.45) is 3.25. The Hall–Kier alpha value is -2.19. The summed E-state index contributed by atoms with van der Waals surface area (Å²) in [5.74, 6) is -0.149. The van der Waals surface area contributed by atoms with Gasteiger partial charge >= 0.3 is 0 Å². The molecule has 0 radical (unpaired) electrons. The molecule has 1 saturated heterocycles. The quantitative estimate of drug-likeness (QED) is 0.796. The minimum absolute atomic E-state index is 0.0235. The molecule has 0 spiro atoms. The lowest BCUT2D eigenvalue weighted by Crippen LogP contribution is -2.24. The second kappa shape index (κ2) is 5.43. The molecule has 18 heavy (non-hydrogen) atoms. The van der Waals surface area contributed by atoms with Crippen LogP contribution in [0.2, 0.25) is 0 Å². The van der Waals surface area contributed by atoms with Crippen LogP contribution in [-0.4, -0.2) is 34.0 Å². The molecule has 1 atom stereocenters. The van der Waals surface area contributed by atoms with Crippen molar-refractivity contribution in [3.63, 3.8) is 0 Å². The predicted molar refractivity (Wildman–Crippen MR) is 64.7 cm³/mol. The lowest BCUT2D eigenvalue weighted by molar-refractivity contribution is -0.125. The van der Waals surface area contributed by atoms with Crippen molar-refractivity contribution >= 4 is 11.6 Å². The SMILES string of the molecule is N#CC=C(c1ccccn1)N1CC(CO)CC1=O. The fraction of sp³-hybridized carbons (Fsp3) is 0.308. The molecule has 5 nitrogen and oxygen atoms in total. The van der Waals surface area contributed by atoms with E-state index in [1.807, 2.05) is 6.07 Å². The molecule has 0 aromatic carbocycles. The molecular formula is C13H13N3O2. The number of carbonyl (C=O) groups is 1. The summed E-state index contributed by atoms with van der Waals surface area (Å²) in [5, 5.41) is 17.9. The van der Waals surface area contributed by atoms with Crippen LogP contribution in [0.5, 0.6) is 0 Å². The molecule has 5 heteroatoms. The fourth-order valence-corrected chi connectivity index (χ4v) is 2.00. The Balaban J connectivity index is 2.31. The highest BCUT2D eigenvalue weighted by Crippen LogP contribution is 2.26. The van der Waals surface area contributed by atoms with Gasteiger partial charge < -0.3 is 10.0 Å². The van der Waals surface area contributed by atoms with Crippen molar-refractivity contribution < 1.29 is 9.90 Å². The van der Waals surface area contributed by atoms with Crippen LogP contribution in [0.4, 0.5) is 0 Å². The lowest BCUT2D eigenvalue weighted by atomic mass is 10.1. The van der Waals surface area contributed by atoms with E-state index in [-0.39, 0.29) is 18.4 Å². The first-order chi connectivity index (χ1) is 8.76. The summed E-state index contributed by atoms with van der Waals surface area (Å²) < 4.78 is 0. The van der Waals surface area contributed by atoms with Crippen LogP contribution in [0.15, 0.2) is 30.5 Å². The van der Waals surface area contributed by atoms with E-state index in [4.69, 9.17) is 10.4 Å². The number of carbonyl (C=O) groups excluding carboxylic acids is 1. The predicted octanol–water partition coefficient (Wildman–Crippen LogP) is 0.787. The Bertz CT molecular complexity index is 505. The third-order valence-electron chi connectivity index (χ3n) is 2.88. The van der Waals surface area contributed by atoms with Crippen LogP contribution >= 0.6 is 0 Å². The molecule has 0 bridgehead atoms. The molecule has 1 aromatic rings. The first-order valence-corrected chi connectivity index (χ1v) is 5.68. The number of amides is 1. The van der Waals surface area contributed by atoms with E-state index in [0.717, 1.165) is 0 Å².